The van der Waals surface area contributed by atoms with E-state index in [4.69, 9.17) is 9.31 Å². The van der Waals surface area contributed by atoms with E-state index in [-0.39, 0.29) is 7.12 Å². The van der Waals surface area contributed by atoms with E-state index in [1.54, 1.807) is 12.5 Å². The number of anilines is 1. The van der Waals surface area contributed by atoms with Gasteiger partial charge in [-0.15, -0.1) is 0 Å². The van der Waals surface area contributed by atoms with Gasteiger partial charge in [-0.3, -0.25) is 0 Å². The quantitative estimate of drug-likeness (QED) is 0.647. The van der Waals surface area contributed by atoms with Crippen LogP contribution in [-0.4, -0.2) is 21.2 Å². The van der Waals surface area contributed by atoms with Crippen molar-refractivity contribution < 1.29 is 9.31 Å². The van der Waals surface area contributed by atoms with Crippen LogP contribution in [-0.2, 0) is 9.31 Å². The van der Waals surface area contributed by atoms with Crippen molar-refractivity contribution in [3.63, 3.8) is 0 Å². The van der Waals surface area contributed by atoms with Gasteiger partial charge in [-0.2, -0.15) is 0 Å². The fourth-order valence-corrected chi connectivity index (χ4v) is 1.33. The largest absolute Gasteiger partial charge is 0.632 e. The van der Waals surface area contributed by atoms with Gasteiger partial charge in [0.05, 0.1) is 12.5 Å². The minimum atomic E-state index is -0.272. The maximum absolute atomic E-state index is 5.22. The van der Waals surface area contributed by atoms with Crippen molar-refractivity contribution in [1.29, 1.82) is 0 Å². The molecule has 1 aliphatic rings. The van der Waals surface area contributed by atoms with E-state index in [1.807, 2.05) is 38.4 Å². The van der Waals surface area contributed by atoms with Crippen LogP contribution in [0.15, 0.2) is 36.8 Å². The second-order valence-electron chi connectivity index (χ2n) is 3.36. The summed E-state index contributed by atoms with van der Waals surface area (Å²) in [5.41, 5.74) is 2.19. The van der Waals surface area contributed by atoms with Gasteiger partial charge in [0.2, 0.25) is 0 Å². The molecule has 1 aliphatic heterocycles. The van der Waals surface area contributed by atoms with Gasteiger partial charge < -0.3 is 14.2 Å². The third-order valence-corrected chi connectivity index (χ3v) is 2.14. The molecule has 1 aromatic rings. The zero-order valence-corrected chi connectivity index (χ0v) is 8.31. The number of rotatable bonds is 2. The molecule has 0 N–H and O–H groups in total. The van der Waals surface area contributed by atoms with E-state index < -0.39 is 0 Å². The summed E-state index contributed by atoms with van der Waals surface area (Å²) in [7, 11) is 3.75. The molecule has 0 bridgehead atoms. The van der Waals surface area contributed by atoms with Crippen LogP contribution < -0.4 is 10.4 Å². The average Bonchev–Trinajstić information content (AvgIpc) is 2.71. The summed E-state index contributed by atoms with van der Waals surface area (Å²) in [6, 6.07) is 8.10. The predicted molar refractivity (Wildman–Crippen MR) is 57.5 cm³/mol. The number of nitrogens with zero attached hydrogens (tertiary/aromatic N) is 1. The second kappa shape index (κ2) is 3.66. The van der Waals surface area contributed by atoms with Gasteiger partial charge in [0.1, 0.15) is 0 Å². The number of hydrogen-bond donors (Lipinski definition) is 0. The van der Waals surface area contributed by atoms with Crippen LogP contribution >= 0.6 is 0 Å². The van der Waals surface area contributed by atoms with Gasteiger partial charge in [-0.1, -0.05) is 12.1 Å². The van der Waals surface area contributed by atoms with Gasteiger partial charge in [-0.05, 0) is 12.1 Å². The summed E-state index contributed by atoms with van der Waals surface area (Å²) < 4.78 is 10.4. The predicted octanol–water partition coefficient (Wildman–Crippen LogP) is 0.966. The van der Waals surface area contributed by atoms with Gasteiger partial charge in [-0.25, -0.2) is 0 Å². The molecule has 0 spiro atoms. The van der Waals surface area contributed by atoms with Crippen LogP contribution in [0.25, 0.3) is 0 Å². The standard InChI is InChI=1S/C10H12BNO2/c1-12(2)10-5-3-9(4-6-10)11-13-7-8-14-11/h3-8H,1-2H3. The number of hydrogen-bond acceptors (Lipinski definition) is 3. The Labute approximate surface area is 84.1 Å². The topological polar surface area (TPSA) is 21.7 Å². The Morgan fingerprint density at radius 1 is 1.00 bits per heavy atom. The summed E-state index contributed by atoms with van der Waals surface area (Å²) >= 11 is 0. The summed E-state index contributed by atoms with van der Waals surface area (Å²) in [6.07, 6.45) is 3.12. The summed E-state index contributed by atoms with van der Waals surface area (Å²) in [4.78, 5) is 2.05. The molecule has 1 aromatic carbocycles. The van der Waals surface area contributed by atoms with E-state index in [2.05, 4.69) is 4.90 Å². The third-order valence-electron chi connectivity index (χ3n) is 2.14. The molecule has 0 atom stereocenters. The Morgan fingerprint density at radius 2 is 1.57 bits per heavy atom. The van der Waals surface area contributed by atoms with E-state index in [9.17, 15) is 0 Å². The Hall–Kier alpha value is -1.58. The lowest BCUT2D eigenvalue weighted by Gasteiger charge is -2.12. The molecule has 0 aromatic heterocycles. The minimum Gasteiger partial charge on any atom is -0.525 e. The monoisotopic (exact) mass is 189 g/mol. The Kier molecular flexibility index (Phi) is 2.35. The molecular weight excluding hydrogens is 177 g/mol. The highest BCUT2D eigenvalue weighted by atomic mass is 16.6. The van der Waals surface area contributed by atoms with Crippen molar-refractivity contribution in [2.45, 2.75) is 0 Å². The molecule has 2 rings (SSSR count). The molecule has 0 aliphatic carbocycles. The Morgan fingerprint density at radius 3 is 2.07 bits per heavy atom. The Bertz CT molecular complexity index is 326. The van der Waals surface area contributed by atoms with Crippen LogP contribution in [0.2, 0.25) is 0 Å². The molecule has 14 heavy (non-hydrogen) atoms. The van der Waals surface area contributed by atoms with Gasteiger partial charge >= 0.3 is 7.12 Å². The smallest absolute Gasteiger partial charge is 0.525 e. The van der Waals surface area contributed by atoms with E-state index >= 15 is 0 Å². The molecule has 4 heteroatoms. The summed E-state index contributed by atoms with van der Waals surface area (Å²) in [5.74, 6) is 0. The van der Waals surface area contributed by atoms with Crippen molar-refractivity contribution in [2.24, 2.45) is 0 Å². The van der Waals surface area contributed by atoms with E-state index in [0.717, 1.165) is 5.46 Å². The van der Waals surface area contributed by atoms with Gasteiger partial charge in [0.15, 0.2) is 0 Å². The molecule has 0 saturated heterocycles. The Balaban J connectivity index is 2.13. The molecule has 0 radical (unpaired) electrons. The average molecular weight is 189 g/mol. The molecule has 0 unspecified atom stereocenters. The van der Waals surface area contributed by atoms with Crippen LogP contribution in [0, 0.1) is 0 Å². The maximum atomic E-state index is 5.22. The highest BCUT2D eigenvalue weighted by Crippen LogP contribution is 2.09. The molecule has 0 amide bonds. The highest BCUT2D eigenvalue weighted by molar-refractivity contribution is 6.62. The van der Waals surface area contributed by atoms with Crippen molar-refractivity contribution in [3.8, 4) is 0 Å². The molecule has 1 heterocycles. The first-order valence-electron chi connectivity index (χ1n) is 4.50. The SMILES string of the molecule is CN(C)c1ccc(B2OC=CO2)cc1. The van der Waals surface area contributed by atoms with Crippen molar-refractivity contribution >= 4 is 18.3 Å². The molecule has 3 nitrogen and oxygen atoms in total. The first kappa shape index (κ1) is 9.00. The fourth-order valence-electron chi connectivity index (χ4n) is 1.33. The maximum Gasteiger partial charge on any atom is 0.632 e. The highest BCUT2D eigenvalue weighted by Gasteiger charge is 2.26. The van der Waals surface area contributed by atoms with Crippen molar-refractivity contribution in [1.82, 2.24) is 0 Å². The minimum absolute atomic E-state index is 0.272. The fraction of sp³-hybridized carbons (Fsp3) is 0.200. The van der Waals surface area contributed by atoms with E-state index in [1.165, 1.54) is 5.69 Å². The zero-order chi connectivity index (χ0) is 9.97. The van der Waals surface area contributed by atoms with Crippen LogP contribution in [0.1, 0.15) is 0 Å². The second-order valence-corrected chi connectivity index (χ2v) is 3.36. The van der Waals surface area contributed by atoms with Crippen LogP contribution in [0.5, 0.6) is 0 Å². The zero-order valence-electron chi connectivity index (χ0n) is 8.31. The normalized spacial score (nSPS) is 13.7. The van der Waals surface area contributed by atoms with Gasteiger partial charge in [0, 0.05) is 25.2 Å². The molecular formula is C10H12BNO2. The lowest BCUT2D eigenvalue weighted by molar-refractivity contribution is 0.423. The lowest BCUT2D eigenvalue weighted by Crippen LogP contribution is -2.31. The van der Waals surface area contributed by atoms with Crippen LogP contribution in [0.3, 0.4) is 0 Å². The van der Waals surface area contributed by atoms with Crippen LogP contribution in [0.4, 0.5) is 5.69 Å². The summed E-state index contributed by atoms with van der Waals surface area (Å²) in [5, 5.41) is 0. The lowest BCUT2D eigenvalue weighted by atomic mass is 9.79. The number of benzene rings is 1. The van der Waals surface area contributed by atoms with E-state index in [0.29, 0.717) is 0 Å². The van der Waals surface area contributed by atoms with Crippen molar-refractivity contribution in [3.05, 3.63) is 36.8 Å². The molecule has 0 saturated carbocycles. The third kappa shape index (κ3) is 1.69. The summed E-state index contributed by atoms with van der Waals surface area (Å²) in [6.45, 7) is 0. The molecule has 0 fully saturated rings. The molecule has 72 valence electrons. The first-order chi connectivity index (χ1) is 6.77. The van der Waals surface area contributed by atoms with Gasteiger partial charge in [0.25, 0.3) is 0 Å². The first-order valence-corrected chi connectivity index (χ1v) is 4.50. The van der Waals surface area contributed by atoms with Crippen molar-refractivity contribution in [2.75, 3.05) is 19.0 Å².